The topological polar surface area (TPSA) is 20.2 Å². The van der Waals surface area contributed by atoms with Gasteiger partial charge in [0.05, 0.1) is 18.4 Å². The minimum Gasteiger partial charge on any atom is -0.396 e. The molecule has 0 aliphatic heterocycles. The van der Waals surface area contributed by atoms with Crippen molar-refractivity contribution in [3.05, 3.63) is 12.7 Å². The van der Waals surface area contributed by atoms with Crippen LogP contribution in [0.15, 0.2) is 12.7 Å². The molecule has 1 saturated carbocycles. The predicted molar refractivity (Wildman–Crippen MR) is 29.2 cm³/mol. The Labute approximate surface area is 52.0 Å². The number of allylic oxidation sites excluding steroid dienone is 1. The lowest BCUT2D eigenvalue weighted by Gasteiger charge is -1.87. The molecule has 0 heterocycles. The van der Waals surface area contributed by atoms with Gasteiger partial charge in [0.1, 0.15) is 0 Å². The molecule has 2 atom stereocenters. The summed E-state index contributed by atoms with van der Waals surface area (Å²) in [6.07, 6.45) is 1.20. The lowest BCUT2D eigenvalue weighted by molar-refractivity contribution is 0.0763. The number of halogens is 2. The number of aliphatic hydroxyl groups is 1. The quantitative estimate of drug-likeness (QED) is 0.559. The molecule has 0 aromatic rings. The second-order valence-corrected chi connectivity index (χ2v) is 2.23. The van der Waals surface area contributed by atoms with Crippen LogP contribution in [-0.4, -0.2) is 17.6 Å². The fourth-order valence-corrected chi connectivity index (χ4v) is 0.973. The Morgan fingerprint density at radius 1 is 1.67 bits per heavy atom. The van der Waals surface area contributed by atoms with Crippen molar-refractivity contribution in [1.82, 2.24) is 0 Å². The smallest absolute Gasteiger partial charge is 0.260 e. The highest BCUT2D eigenvalue weighted by atomic mass is 19.3. The molecule has 0 unspecified atom stereocenters. The highest BCUT2D eigenvalue weighted by Gasteiger charge is 2.66. The monoisotopic (exact) mass is 134 g/mol. The van der Waals surface area contributed by atoms with E-state index < -0.39 is 24.4 Å². The summed E-state index contributed by atoms with van der Waals surface area (Å²) in [6, 6.07) is 0. The minimum absolute atomic E-state index is 0.441. The Morgan fingerprint density at radius 2 is 2.22 bits per heavy atom. The van der Waals surface area contributed by atoms with Crippen molar-refractivity contribution in [2.75, 3.05) is 6.61 Å². The number of aliphatic hydroxyl groups excluding tert-OH is 1. The molecule has 52 valence electrons. The molecule has 1 N–H and O–H groups in total. The van der Waals surface area contributed by atoms with Crippen LogP contribution in [0.2, 0.25) is 0 Å². The van der Waals surface area contributed by atoms with Crippen LogP contribution < -0.4 is 0 Å². The first-order valence-electron chi connectivity index (χ1n) is 2.75. The fourth-order valence-electron chi connectivity index (χ4n) is 0.973. The highest BCUT2D eigenvalue weighted by molar-refractivity contribution is 5.12. The average Bonchev–Trinajstić information content (AvgIpc) is 2.32. The van der Waals surface area contributed by atoms with Crippen molar-refractivity contribution in [2.24, 2.45) is 11.8 Å². The maximum Gasteiger partial charge on any atom is 0.260 e. The van der Waals surface area contributed by atoms with Crippen molar-refractivity contribution >= 4 is 0 Å². The Morgan fingerprint density at radius 3 is 2.33 bits per heavy atom. The zero-order valence-electron chi connectivity index (χ0n) is 4.85. The Hall–Kier alpha value is -0.440. The molecule has 3 heteroatoms. The van der Waals surface area contributed by atoms with Gasteiger partial charge in [0.15, 0.2) is 0 Å². The predicted octanol–water partition coefficient (Wildman–Crippen LogP) is 1.05. The zero-order valence-corrected chi connectivity index (χ0v) is 4.85. The third-order valence-corrected chi connectivity index (χ3v) is 1.71. The first kappa shape index (κ1) is 6.68. The van der Waals surface area contributed by atoms with E-state index in [0.717, 1.165) is 0 Å². The molecule has 1 aliphatic carbocycles. The van der Waals surface area contributed by atoms with E-state index in [1.165, 1.54) is 6.08 Å². The first-order chi connectivity index (χ1) is 4.14. The van der Waals surface area contributed by atoms with Gasteiger partial charge in [-0.25, -0.2) is 8.78 Å². The number of hydrogen-bond acceptors (Lipinski definition) is 1. The molecule has 0 spiro atoms. The third-order valence-electron chi connectivity index (χ3n) is 1.71. The van der Waals surface area contributed by atoms with Crippen molar-refractivity contribution in [3.8, 4) is 0 Å². The van der Waals surface area contributed by atoms with E-state index >= 15 is 0 Å². The van der Waals surface area contributed by atoms with Crippen LogP contribution in [0.25, 0.3) is 0 Å². The normalized spacial score (nSPS) is 38.1. The van der Waals surface area contributed by atoms with Gasteiger partial charge < -0.3 is 5.11 Å². The molecular weight excluding hydrogens is 126 g/mol. The van der Waals surface area contributed by atoms with Gasteiger partial charge in [-0.1, -0.05) is 6.08 Å². The molecular formula is C6H8F2O. The first-order valence-corrected chi connectivity index (χ1v) is 2.75. The fraction of sp³-hybridized carbons (Fsp3) is 0.667. The van der Waals surface area contributed by atoms with Crippen LogP contribution in [0.3, 0.4) is 0 Å². The third kappa shape index (κ3) is 0.758. The van der Waals surface area contributed by atoms with Gasteiger partial charge >= 0.3 is 0 Å². The molecule has 1 aliphatic rings. The summed E-state index contributed by atoms with van der Waals surface area (Å²) < 4.78 is 24.5. The molecule has 1 fully saturated rings. The maximum atomic E-state index is 12.2. The Bertz CT molecular complexity index is 133. The van der Waals surface area contributed by atoms with E-state index in [1.54, 1.807) is 0 Å². The van der Waals surface area contributed by atoms with Gasteiger partial charge in [-0.2, -0.15) is 0 Å². The molecule has 0 saturated heterocycles. The summed E-state index contributed by atoms with van der Waals surface area (Å²) in [5, 5.41) is 8.32. The van der Waals surface area contributed by atoms with Crippen LogP contribution in [0.4, 0.5) is 8.78 Å². The largest absolute Gasteiger partial charge is 0.396 e. The number of hydrogen-bond donors (Lipinski definition) is 1. The van der Waals surface area contributed by atoms with Gasteiger partial charge in [-0.05, 0) is 0 Å². The van der Waals surface area contributed by atoms with Crippen molar-refractivity contribution in [3.63, 3.8) is 0 Å². The van der Waals surface area contributed by atoms with Crippen LogP contribution in [0, 0.1) is 11.8 Å². The number of alkyl halides is 2. The van der Waals surface area contributed by atoms with E-state index in [2.05, 4.69) is 6.58 Å². The summed E-state index contributed by atoms with van der Waals surface area (Å²) in [7, 11) is 0. The molecule has 0 radical (unpaired) electrons. The van der Waals surface area contributed by atoms with Crippen molar-refractivity contribution < 1.29 is 13.9 Å². The van der Waals surface area contributed by atoms with Crippen LogP contribution in [0.1, 0.15) is 0 Å². The Kier molecular flexibility index (Phi) is 1.31. The molecule has 1 nitrogen and oxygen atoms in total. The molecule has 0 aromatic carbocycles. The second-order valence-electron chi connectivity index (χ2n) is 2.23. The maximum absolute atomic E-state index is 12.2. The SMILES string of the molecule is C=C[C@H]1[C@H](CO)C1(F)F. The average molecular weight is 134 g/mol. The van der Waals surface area contributed by atoms with Crippen molar-refractivity contribution in [1.29, 1.82) is 0 Å². The molecule has 0 aromatic heterocycles. The van der Waals surface area contributed by atoms with E-state index in [9.17, 15) is 8.78 Å². The summed E-state index contributed by atoms with van der Waals surface area (Å²) in [5.74, 6) is -4.34. The van der Waals surface area contributed by atoms with E-state index in [0.29, 0.717) is 0 Å². The lowest BCUT2D eigenvalue weighted by atomic mass is 10.3. The van der Waals surface area contributed by atoms with Gasteiger partial charge in [-0.15, -0.1) is 6.58 Å². The van der Waals surface area contributed by atoms with Crippen LogP contribution in [-0.2, 0) is 0 Å². The molecule has 0 amide bonds. The second kappa shape index (κ2) is 1.77. The lowest BCUT2D eigenvalue weighted by Crippen LogP contribution is -1.96. The molecule has 1 rings (SSSR count). The van der Waals surface area contributed by atoms with E-state index in [4.69, 9.17) is 5.11 Å². The van der Waals surface area contributed by atoms with Gasteiger partial charge in [-0.3, -0.25) is 0 Å². The van der Waals surface area contributed by atoms with Crippen LogP contribution in [0.5, 0.6) is 0 Å². The number of rotatable bonds is 2. The highest BCUT2D eigenvalue weighted by Crippen LogP contribution is 2.55. The van der Waals surface area contributed by atoms with E-state index in [-0.39, 0.29) is 0 Å². The summed E-state index contributed by atoms with van der Waals surface area (Å²) >= 11 is 0. The summed E-state index contributed by atoms with van der Waals surface area (Å²) in [4.78, 5) is 0. The molecule has 9 heavy (non-hydrogen) atoms. The van der Waals surface area contributed by atoms with Crippen molar-refractivity contribution in [2.45, 2.75) is 5.92 Å². The summed E-state index contributed by atoms with van der Waals surface area (Å²) in [6.45, 7) is 2.78. The summed E-state index contributed by atoms with van der Waals surface area (Å²) in [5.41, 5.74) is 0. The van der Waals surface area contributed by atoms with Gasteiger partial charge in [0.25, 0.3) is 5.92 Å². The minimum atomic E-state index is -2.68. The van der Waals surface area contributed by atoms with Crippen LogP contribution >= 0.6 is 0 Å². The molecule has 0 bridgehead atoms. The van der Waals surface area contributed by atoms with Gasteiger partial charge in [0, 0.05) is 0 Å². The zero-order chi connectivity index (χ0) is 7.07. The van der Waals surface area contributed by atoms with E-state index in [1.807, 2.05) is 0 Å². The van der Waals surface area contributed by atoms with Gasteiger partial charge in [0.2, 0.25) is 0 Å². The standard InChI is InChI=1S/C6H8F2O/c1-2-4-5(3-9)6(4,7)8/h2,4-5,9H,1,3H2/t4-,5-/m0/s1. The Balaban J connectivity index is 2.54.